The van der Waals surface area contributed by atoms with Crippen LogP contribution in [0.2, 0.25) is 0 Å². The van der Waals surface area contributed by atoms with Gasteiger partial charge in [-0.25, -0.2) is 0 Å². The first kappa shape index (κ1) is 17.1. The minimum atomic E-state index is 0.890. The van der Waals surface area contributed by atoms with E-state index in [9.17, 15) is 0 Å². The second-order valence-electron chi connectivity index (χ2n) is 3.67. The maximum Gasteiger partial charge on any atom is -0.0226 e. The van der Waals surface area contributed by atoms with Crippen LogP contribution in [0.5, 0.6) is 0 Å². The van der Waals surface area contributed by atoms with Gasteiger partial charge >= 0.3 is 0 Å². The smallest absolute Gasteiger partial charge is 0.0226 e. The molecule has 0 nitrogen and oxygen atoms in total. The lowest BCUT2D eigenvalue weighted by Crippen LogP contribution is -1.91. The molecule has 0 fully saturated rings. The second kappa shape index (κ2) is 11.8. The molecule has 1 unspecified atom stereocenters. The van der Waals surface area contributed by atoms with Gasteiger partial charge in [0.1, 0.15) is 0 Å². The van der Waals surface area contributed by atoms with Crippen molar-refractivity contribution in [2.75, 3.05) is 0 Å². The summed E-state index contributed by atoms with van der Waals surface area (Å²) in [7, 11) is 0. The molecule has 0 bridgehead atoms. The largest absolute Gasteiger partial charge is 0.0707 e. The van der Waals surface area contributed by atoms with Crippen LogP contribution in [0.25, 0.3) is 0 Å². The van der Waals surface area contributed by atoms with E-state index < -0.39 is 0 Å². The molecule has 0 aromatic heterocycles. The first-order valence-corrected chi connectivity index (χ1v) is 7.00. The van der Waals surface area contributed by atoms with Crippen molar-refractivity contribution in [3.63, 3.8) is 0 Å². The maximum absolute atomic E-state index is 2.38. The number of hydrogen-bond acceptors (Lipinski definition) is 0. The van der Waals surface area contributed by atoms with Crippen molar-refractivity contribution < 1.29 is 0 Å². The predicted octanol–water partition coefficient (Wildman–Crippen LogP) is 5.98. The lowest BCUT2D eigenvalue weighted by atomic mass is 9.99. The highest BCUT2D eigenvalue weighted by Crippen LogP contribution is 2.35. The van der Waals surface area contributed by atoms with E-state index in [1.165, 1.54) is 32.1 Å². The highest BCUT2D eigenvalue weighted by Gasteiger charge is 2.18. The summed E-state index contributed by atoms with van der Waals surface area (Å²) in [5, 5.41) is 0. The fourth-order valence-corrected chi connectivity index (χ4v) is 2.26. The Bertz CT molecular complexity index is 153. The third-order valence-electron chi connectivity index (χ3n) is 2.86. The third kappa shape index (κ3) is 6.02. The minimum Gasteiger partial charge on any atom is -0.0707 e. The lowest BCUT2D eigenvalue weighted by Gasteiger charge is -2.07. The molecular weight excluding hydrogens is 180 g/mol. The zero-order valence-corrected chi connectivity index (χ0v) is 12.1. The number of allylic oxidation sites excluding steroid dienone is 2. The molecule has 0 amide bonds. The van der Waals surface area contributed by atoms with Crippen LogP contribution in [-0.2, 0) is 0 Å². The van der Waals surface area contributed by atoms with Crippen LogP contribution in [0.1, 0.15) is 80.6 Å². The molecule has 0 heterocycles. The van der Waals surface area contributed by atoms with E-state index in [0.29, 0.717) is 0 Å². The van der Waals surface area contributed by atoms with Gasteiger partial charge in [0.2, 0.25) is 0 Å². The van der Waals surface area contributed by atoms with E-state index in [2.05, 4.69) is 20.8 Å². The quantitative estimate of drug-likeness (QED) is 0.505. The lowest BCUT2D eigenvalue weighted by molar-refractivity contribution is 0.651. The van der Waals surface area contributed by atoms with E-state index in [1.807, 2.05) is 27.7 Å². The molecule has 0 aliphatic heterocycles. The van der Waals surface area contributed by atoms with Crippen LogP contribution in [0.3, 0.4) is 0 Å². The van der Waals surface area contributed by atoms with Gasteiger partial charge < -0.3 is 0 Å². The Kier molecular flexibility index (Phi) is 13.5. The van der Waals surface area contributed by atoms with E-state index in [0.717, 1.165) is 5.92 Å². The summed E-state index contributed by atoms with van der Waals surface area (Å²) in [6.07, 6.45) is 6.77. The maximum atomic E-state index is 2.38. The Labute approximate surface area is 98.2 Å². The van der Waals surface area contributed by atoms with E-state index in [4.69, 9.17) is 0 Å². The molecule has 1 rings (SSSR count). The molecule has 0 spiro atoms. The van der Waals surface area contributed by atoms with Crippen molar-refractivity contribution in [1.82, 2.24) is 0 Å². The van der Waals surface area contributed by atoms with Crippen LogP contribution >= 0.6 is 0 Å². The topological polar surface area (TPSA) is 0 Å². The molecule has 0 N–H and O–H groups in total. The van der Waals surface area contributed by atoms with Gasteiger partial charge in [0.05, 0.1) is 0 Å². The summed E-state index contributed by atoms with van der Waals surface area (Å²) >= 11 is 0. The van der Waals surface area contributed by atoms with Gasteiger partial charge in [-0.1, -0.05) is 66.0 Å². The van der Waals surface area contributed by atoms with E-state index in [-0.39, 0.29) is 0 Å². The van der Waals surface area contributed by atoms with Crippen LogP contribution in [0, 0.1) is 5.92 Å². The minimum absolute atomic E-state index is 0.890. The van der Waals surface area contributed by atoms with Crippen LogP contribution in [0.15, 0.2) is 11.1 Å². The first-order chi connectivity index (χ1) is 7.29. The normalized spacial score (nSPS) is 19.0. The Morgan fingerprint density at radius 2 is 1.60 bits per heavy atom. The van der Waals surface area contributed by atoms with E-state index in [1.54, 1.807) is 11.1 Å². The number of hydrogen-bond donors (Lipinski definition) is 0. The highest BCUT2D eigenvalue weighted by molar-refractivity contribution is 5.21. The van der Waals surface area contributed by atoms with Crippen LogP contribution < -0.4 is 0 Å². The molecule has 0 saturated heterocycles. The van der Waals surface area contributed by atoms with Gasteiger partial charge in [0.25, 0.3) is 0 Å². The van der Waals surface area contributed by atoms with Crippen LogP contribution in [0.4, 0.5) is 0 Å². The molecule has 15 heavy (non-hydrogen) atoms. The van der Waals surface area contributed by atoms with Crippen molar-refractivity contribution in [2.24, 2.45) is 5.92 Å². The summed E-state index contributed by atoms with van der Waals surface area (Å²) in [5.41, 5.74) is 3.55. The average Bonchev–Trinajstić information content (AvgIpc) is 2.65. The third-order valence-corrected chi connectivity index (χ3v) is 2.86. The SMILES string of the molecule is CC.CC.CCCC1=C(CC)C(C)CC1. The molecule has 1 aliphatic carbocycles. The molecule has 0 heteroatoms. The van der Waals surface area contributed by atoms with Gasteiger partial charge in [-0.15, -0.1) is 0 Å². The summed E-state index contributed by atoms with van der Waals surface area (Å²) in [5.74, 6) is 0.890. The van der Waals surface area contributed by atoms with Crippen LogP contribution in [-0.4, -0.2) is 0 Å². The Hall–Kier alpha value is -0.260. The molecule has 0 aromatic rings. The molecule has 1 aliphatic rings. The van der Waals surface area contributed by atoms with Gasteiger partial charge in [0.15, 0.2) is 0 Å². The van der Waals surface area contributed by atoms with Gasteiger partial charge in [-0.3, -0.25) is 0 Å². The molecule has 92 valence electrons. The molecule has 0 saturated carbocycles. The Morgan fingerprint density at radius 1 is 1.07 bits per heavy atom. The predicted molar refractivity (Wildman–Crippen MR) is 73.3 cm³/mol. The van der Waals surface area contributed by atoms with Crippen molar-refractivity contribution in [3.05, 3.63) is 11.1 Å². The standard InChI is InChI=1S/C11H20.2C2H6/c1-4-6-10-8-7-9(3)11(10)5-2;2*1-2/h9H,4-8H2,1-3H3;2*1-2H3. The first-order valence-electron chi connectivity index (χ1n) is 7.00. The Morgan fingerprint density at radius 3 is 2.00 bits per heavy atom. The fraction of sp³-hybridized carbons (Fsp3) is 0.867. The zero-order chi connectivity index (χ0) is 12.3. The van der Waals surface area contributed by atoms with Crippen molar-refractivity contribution in [2.45, 2.75) is 80.6 Å². The molecule has 0 radical (unpaired) electrons. The summed E-state index contributed by atoms with van der Waals surface area (Å²) in [6, 6.07) is 0. The van der Waals surface area contributed by atoms with Crippen molar-refractivity contribution in [1.29, 1.82) is 0 Å². The fourth-order valence-electron chi connectivity index (χ4n) is 2.26. The summed E-state index contributed by atoms with van der Waals surface area (Å²) in [6.45, 7) is 15.0. The molecule has 0 aromatic carbocycles. The monoisotopic (exact) mass is 212 g/mol. The van der Waals surface area contributed by atoms with Gasteiger partial charge in [-0.05, 0) is 31.6 Å². The van der Waals surface area contributed by atoms with Gasteiger partial charge in [-0.2, -0.15) is 0 Å². The zero-order valence-electron chi connectivity index (χ0n) is 12.1. The van der Waals surface area contributed by atoms with Crippen molar-refractivity contribution in [3.8, 4) is 0 Å². The molecular formula is C15H32. The summed E-state index contributed by atoms with van der Waals surface area (Å²) < 4.78 is 0. The Balaban J connectivity index is 0. The van der Waals surface area contributed by atoms with Gasteiger partial charge in [0, 0.05) is 0 Å². The average molecular weight is 212 g/mol. The second-order valence-corrected chi connectivity index (χ2v) is 3.67. The summed E-state index contributed by atoms with van der Waals surface area (Å²) in [4.78, 5) is 0. The van der Waals surface area contributed by atoms with Crippen molar-refractivity contribution >= 4 is 0 Å². The highest BCUT2D eigenvalue weighted by atomic mass is 14.2. The van der Waals surface area contributed by atoms with E-state index >= 15 is 0 Å². The molecule has 1 atom stereocenters. The number of rotatable bonds is 3.